The van der Waals surface area contributed by atoms with E-state index in [9.17, 15) is 14.9 Å². The van der Waals surface area contributed by atoms with Crippen molar-refractivity contribution < 1.29 is 15.0 Å². The molecular formula is C16H24N3O3+. The lowest BCUT2D eigenvalue weighted by Gasteiger charge is -2.26. The summed E-state index contributed by atoms with van der Waals surface area (Å²) in [6.07, 6.45) is 4.90. The maximum atomic E-state index is 12.0. The minimum atomic E-state index is -0.430. The molecule has 0 spiro atoms. The Morgan fingerprint density at radius 1 is 1.41 bits per heavy atom. The maximum absolute atomic E-state index is 12.0. The molecule has 22 heavy (non-hydrogen) atoms. The summed E-state index contributed by atoms with van der Waals surface area (Å²) < 4.78 is 0. The largest absolute Gasteiger partial charge is 0.336 e. The number of anilines is 1. The summed E-state index contributed by atoms with van der Waals surface area (Å²) in [5.41, 5.74) is 1.10. The molecule has 0 bridgehead atoms. The molecule has 0 unspecified atom stereocenters. The van der Waals surface area contributed by atoms with Gasteiger partial charge in [-0.15, -0.1) is 0 Å². The van der Waals surface area contributed by atoms with Gasteiger partial charge in [0.25, 0.3) is 11.6 Å². The number of nitro benzene ring substituents is 1. The molecule has 1 aromatic carbocycles. The van der Waals surface area contributed by atoms with E-state index >= 15 is 0 Å². The number of nitro groups is 1. The summed E-state index contributed by atoms with van der Waals surface area (Å²) in [5, 5.41) is 15.8. The summed E-state index contributed by atoms with van der Waals surface area (Å²) in [6.45, 7) is 4.28. The van der Waals surface area contributed by atoms with Crippen LogP contribution < -0.4 is 10.6 Å². The van der Waals surface area contributed by atoms with E-state index in [4.69, 9.17) is 0 Å². The Hall–Kier alpha value is -1.95. The van der Waals surface area contributed by atoms with Crippen molar-refractivity contribution in [3.05, 3.63) is 33.9 Å². The Morgan fingerprint density at radius 3 is 2.82 bits per heavy atom. The van der Waals surface area contributed by atoms with Gasteiger partial charge in [-0.25, -0.2) is 0 Å². The van der Waals surface area contributed by atoms with Gasteiger partial charge < -0.3 is 10.6 Å². The molecule has 1 fully saturated rings. The number of carbonyl (C=O) groups excluding carboxylic acids is 1. The highest BCUT2D eigenvalue weighted by Gasteiger charge is 2.24. The van der Waals surface area contributed by atoms with Crippen molar-refractivity contribution in [1.29, 1.82) is 0 Å². The second-order valence-electron chi connectivity index (χ2n) is 6.17. The van der Waals surface area contributed by atoms with Crippen LogP contribution in [0.5, 0.6) is 0 Å². The first-order chi connectivity index (χ1) is 10.5. The highest BCUT2D eigenvalue weighted by atomic mass is 16.6. The number of hydrogen-bond acceptors (Lipinski definition) is 3. The van der Waals surface area contributed by atoms with Gasteiger partial charge in [-0.05, 0) is 32.3 Å². The lowest BCUT2D eigenvalue weighted by molar-refractivity contribution is -0.687. The highest BCUT2D eigenvalue weighted by molar-refractivity contribution is 5.91. The van der Waals surface area contributed by atoms with Gasteiger partial charge in [-0.3, -0.25) is 14.9 Å². The Bertz CT molecular complexity index is 560. The van der Waals surface area contributed by atoms with Gasteiger partial charge in [0.2, 0.25) is 0 Å². The molecule has 1 aromatic rings. The smallest absolute Gasteiger partial charge is 0.279 e. The van der Waals surface area contributed by atoms with Crippen LogP contribution in [0.15, 0.2) is 18.2 Å². The number of hydrogen-bond donors (Lipinski definition) is 2. The summed E-state index contributed by atoms with van der Waals surface area (Å²) in [4.78, 5) is 22.5. The molecule has 0 heterocycles. The molecule has 0 radical (unpaired) electrons. The first-order valence-corrected chi connectivity index (χ1v) is 7.85. The van der Waals surface area contributed by atoms with Gasteiger partial charge in [-0.1, -0.05) is 19.4 Å². The van der Waals surface area contributed by atoms with Crippen molar-refractivity contribution >= 4 is 17.3 Å². The molecule has 2 atom stereocenters. The Morgan fingerprint density at radius 2 is 2.14 bits per heavy atom. The number of nitrogens with two attached hydrogens (primary N) is 1. The van der Waals surface area contributed by atoms with E-state index in [1.807, 2.05) is 0 Å². The van der Waals surface area contributed by atoms with Gasteiger partial charge in [0, 0.05) is 23.2 Å². The van der Waals surface area contributed by atoms with Crippen LogP contribution in [0, 0.1) is 23.0 Å². The van der Waals surface area contributed by atoms with Crippen molar-refractivity contribution in [3.63, 3.8) is 0 Å². The quantitative estimate of drug-likeness (QED) is 0.644. The van der Waals surface area contributed by atoms with E-state index in [1.165, 1.54) is 25.3 Å². The molecule has 1 saturated carbocycles. The van der Waals surface area contributed by atoms with Crippen LogP contribution >= 0.6 is 0 Å². The molecule has 6 nitrogen and oxygen atoms in total. The van der Waals surface area contributed by atoms with E-state index in [2.05, 4.69) is 17.6 Å². The lowest BCUT2D eigenvalue weighted by atomic mass is 9.86. The van der Waals surface area contributed by atoms with Crippen LogP contribution in [0.25, 0.3) is 0 Å². The third-order valence-corrected chi connectivity index (χ3v) is 4.47. The Labute approximate surface area is 130 Å². The SMILES string of the molecule is Cc1ccc(NC(=O)C[NH2+][C@@H]2CCCC[C@@H]2C)cc1[N+](=O)[O-]. The molecule has 1 amide bonds. The summed E-state index contributed by atoms with van der Waals surface area (Å²) >= 11 is 0. The molecular weight excluding hydrogens is 282 g/mol. The van der Waals surface area contributed by atoms with Gasteiger partial charge in [0.15, 0.2) is 6.54 Å². The molecule has 2 rings (SSSR count). The Balaban J connectivity index is 1.89. The normalized spacial score (nSPS) is 21.4. The second-order valence-corrected chi connectivity index (χ2v) is 6.17. The minimum Gasteiger partial charge on any atom is -0.336 e. The fraction of sp³-hybridized carbons (Fsp3) is 0.562. The van der Waals surface area contributed by atoms with E-state index in [0.29, 0.717) is 29.8 Å². The maximum Gasteiger partial charge on any atom is 0.279 e. The summed E-state index contributed by atoms with van der Waals surface area (Å²) in [5.74, 6) is 0.526. The second kappa shape index (κ2) is 7.35. The van der Waals surface area contributed by atoms with Crippen LogP contribution in [0.2, 0.25) is 0 Å². The zero-order valence-electron chi connectivity index (χ0n) is 13.2. The van der Waals surface area contributed by atoms with Crippen molar-refractivity contribution in [2.24, 2.45) is 5.92 Å². The van der Waals surface area contributed by atoms with E-state index < -0.39 is 4.92 Å². The van der Waals surface area contributed by atoms with Crippen LogP contribution in [0.1, 0.15) is 38.2 Å². The van der Waals surface area contributed by atoms with Crippen LogP contribution in [-0.2, 0) is 4.79 Å². The summed E-state index contributed by atoms with van der Waals surface area (Å²) in [6, 6.07) is 5.27. The molecule has 0 aromatic heterocycles. The number of carbonyl (C=O) groups is 1. The van der Waals surface area contributed by atoms with Crippen molar-refractivity contribution in [1.82, 2.24) is 0 Å². The van der Waals surface area contributed by atoms with Crippen LogP contribution in [0.3, 0.4) is 0 Å². The number of rotatable bonds is 5. The molecule has 120 valence electrons. The molecule has 1 aliphatic carbocycles. The first-order valence-electron chi connectivity index (χ1n) is 7.85. The monoisotopic (exact) mass is 306 g/mol. The number of amides is 1. The first kappa shape index (κ1) is 16.4. The van der Waals surface area contributed by atoms with Crippen LogP contribution in [0.4, 0.5) is 11.4 Å². The van der Waals surface area contributed by atoms with E-state index in [1.54, 1.807) is 19.1 Å². The number of quaternary nitrogens is 1. The molecule has 0 saturated heterocycles. The standard InChI is InChI=1S/C16H23N3O3/c1-11-5-3-4-6-14(11)17-10-16(20)18-13-8-7-12(2)15(9-13)19(21)22/h7-9,11,14,17H,3-6,10H2,1-2H3,(H,18,20)/p+1/t11-,14+/m0/s1. The van der Waals surface area contributed by atoms with Gasteiger partial charge in [0.1, 0.15) is 0 Å². The summed E-state index contributed by atoms with van der Waals surface area (Å²) in [7, 11) is 0. The van der Waals surface area contributed by atoms with Crippen LogP contribution in [-0.4, -0.2) is 23.4 Å². The predicted octanol–water partition coefficient (Wildman–Crippen LogP) is 1.98. The molecule has 6 heteroatoms. The number of benzene rings is 1. The fourth-order valence-electron chi connectivity index (χ4n) is 3.05. The molecule has 3 N–H and O–H groups in total. The number of nitrogens with one attached hydrogen (secondary N) is 1. The van der Waals surface area contributed by atoms with Crippen molar-refractivity contribution in [2.45, 2.75) is 45.6 Å². The van der Waals surface area contributed by atoms with Crippen molar-refractivity contribution in [2.75, 3.05) is 11.9 Å². The van der Waals surface area contributed by atoms with Gasteiger partial charge in [0.05, 0.1) is 11.0 Å². The zero-order valence-corrected chi connectivity index (χ0v) is 13.2. The van der Waals surface area contributed by atoms with E-state index in [-0.39, 0.29) is 11.6 Å². The third kappa shape index (κ3) is 4.27. The van der Waals surface area contributed by atoms with Gasteiger partial charge in [-0.2, -0.15) is 0 Å². The van der Waals surface area contributed by atoms with Gasteiger partial charge >= 0.3 is 0 Å². The van der Waals surface area contributed by atoms with Crippen molar-refractivity contribution in [3.8, 4) is 0 Å². The zero-order chi connectivity index (χ0) is 16.1. The Kier molecular flexibility index (Phi) is 5.49. The topological polar surface area (TPSA) is 88.8 Å². The average molecular weight is 306 g/mol. The van der Waals surface area contributed by atoms with E-state index in [0.717, 1.165) is 6.42 Å². The fourth-order valence-corrected chi connectivity index (χ4v) is 3.05. The predicted molar refractivity (Wildman–Crippen MR) is 84.7 cm³/mol. The number of aryl methyl sites for hydroxylation is 1. The number of nitrogens with zero attached hydrogens (tertiary/aromatic N) is 1. The third-order valence-electron chi connectivity index (χ3n) is 4.47. The molecule has 1 aliphatic rings. The average Bonchev–Trinajstić information content (AvgIpc) is 2.48. The highest BCUT2D eigenvalue weighted by Crippen LogP contribution is 2.22. The lowest BCUT2D eigenvalue weighted by Crippen LogP contribution is -2.93. The minimum absolute atomic E-state index is 0.0303. The molecule has 0 aliphatic heterocycles.